The molecule has 0 radical (unpaired) electrons. The van der Waals surface area contributed by atoms with Crippen molar-refractivity contribution < 1.29 is 18.7 Å². The molecule has 16 heavy (non-hydrogen) atoms. The molecule has 0 bridgehead atoms. The number of carbonyl (C=O) groups is 1. The Bertz CT molecular complexity index is 399. The zero-order valence-corrected chi connectivity index (χ0v) is 9.83. The first-order chi connectivity index (χ1) is 7.46. The van der Waals surface area contributed by atoms with Crippen LogP contribution >= 0.6 is 0 Å². The van der Waals surface area contributed by atoms with E-state index in [9.17, 15) is 9.18 Å². The summed E-state index contributed by atoms with van der Waals surface area (Å²) < 4.78 is 24.0. The summed E-state index contributed by atoms with van der Waals surface area (Å²) in [5.74, 6) is 0.930. The molecule has 0 saturated heterocycles. The minimum Gasteiger partial charge on any atom is -0.493 e. The number of aldehydes is 1. The lowest BCUT2D eigenvalue weighted by atomic mass is 9.94. The summed E-state index contributed by atoms with van der Waals surface area (Å²) in [4.78, 5) is 10.7. The molecule has 0 spiro atoms. The van der Waals surface area contributed by atoms with Gasteiger partial charge in [0.2, 0.25) is 0 Å². The molecule has 1 aromatic carbocycles. The van der Waals surface area contributed by atoms with Crippen LogP contribution in [0.15, 0.2) is 12.1 Å². The monoisotopic (exact) mass is 226 g/mol. The number of carbonyl (C=O) groups excluding carboxylic acids is 1. The number of aryl methyl sites for hydroxylation is 1. The Morgan fingerprint density at radius 2 is 1.75 bits per heavy atom. The molecule has 0 amide bonds. The summed E-state index contributed by atoms with van der Waals surface area (Å²) in [7, 11) is 2.97. The maximum absolute atomic E-state index is 13.9. The minimum absolute atomic E-state index is 0.279. The fourth-order valence-corrected chi connectivity index (χ4v) is 1.57. The second kappa shape index (κ2) is 4.51. The largest absolute Gasteiger partial charge is 0.493 e. The first-order valence-corrected chi connectivity index (χ1v) is 4.84. The fraction of sp³-hybridized carbons (Fsp3) is 0.417. The van der Waals surface area contributed by atoms with Crippen LogP contribution in [0.5, 0.6) is 11.5 Å². The third-order valence-corrected chi connectivity index (χ3v) is 2.48. The van der Waals surface area contributed by atoms with E-state index >= 15 is 0 Å². The highest BCUT2D eigenvalue weighted by Gasteiger charge is 2.28. The highest BCUT2D eigenvalue weighted by molar-refractivity contribution is 5.67. The zero-order chi connectivity index (χ0) is 12.3. The summed E-state index contributed by atoms with van der Waals surface area (Å²) in [5, 5.41) is 0. The Hall–Kier alpha value is -1.58. The number of halogens is 1. The van der Waals surface area contributed by atoms with Gasteiger partial charge in [-0.3, -0.25) is 4.79 Å². The molecule has 1 aromatic rings. The van der Waals surface area contributed by atoms with Crippen molar-refractivity contribution in [3.63, 3.8) is 0 Å². The smallest absolute Gasteiger partial charge is 0.188 e. The molecule has 4 heteroatoms. The van der Waals surface area contributed by atoms with E-state index in [0.29, 0.717) is 22.6 Å². The number of rotatable bonds is 4. The summed E-state index contributed by atoms with van der Waals surface area (Å²) >= 11 is 0. The highest BCUT2D eigenvalue weighted by atomic mass is 19.1. The van der Waals surface area contributed by atoms with Crippen molar-refractivity contribution in [3.8, 4) is 11.5 Å². The van der Waals surface area contributed by atoms with Crippen LogP contribution < -0.4 is 9.47 Å². The molecule has 0 aromatic heterocycles. The van der Waals surface area contributed by atoms with E-state index < -0.39 is 5.67 Å². The van der Waals surface area contributed by atoms with Crippen molar-refractivity contribution in [1.82, 2.24) is 0 Å². The molecule has 88 valence electrons. The van der Waals surface area contributed by atoms with E-state index in [4.69, 9.17) is 9.47 Å². The highest BCUT2D eigenvalue weighted by Crippen LogP contribution is 2.35. The van der Waals surface area contributed by atoms with Crippen LogP contribution in [0.4, 0.5) is 4.39 Å². The molecule has 1 unspecified atom stereocenters. The molecule has 0 aliphatic heterocycles. The molecular weight excluding hydrogens is 211 g/mol. The number of alkyl halides is 1. The fourth-order valence-electron chi connectivity index (χ4n) is 1.57. The van der Waals surface area contributed by atoms with E-state index in [2.05, 4.69) is 0 Å². The van der Waals surface area contributed by atoms with Crippen molar-refractivity contribution in [2.75, 3.05) is 14.2 Å². The normalized spacial score (nSPS) is 14.1. The van der Waals surface area contributed by atoms with Crippen molar-refractivity contribution in [1.29, 1.82) is 0 Å². The molecule has 0 N–H and O–H groups in total. The number of methoxy groups -OCH3 is 2. The number of hydrogen-bond acceptors (Lipinski definition) is 3. The van der Waals surface area contributed by atoms with E-state index in [1.165, 1.54) is 27.2 Å². The molecule has 3 nitrogen and oxygen atoms in total. The van der Waals surface area contributed by atoms with E-state index in [0.717, 1.165) is 0 Å². The van der Waals surface area contributed by atoms with Gasteiger partial charge in [0.15, 0.2) is 23.5 Å². The van der Waals surface area contributed by atoms with Gasteiger partial charge in [0.25, 0.3) is 0 Å². The summed E-state index contributed by atoms with van der Waals surface area (Å²) in [6.07, 6.45) is 0.279. The quantitative estimate of drug-likeness (QED) is 0.739. The Morgan fingerprint density at radius 1 is 1.25 bits per heavy atom. The van der Waals surface area contributed by atoms with Crippen LogP contribution in [0.1, 0.15) is 18.1 Å². The van der Waals surface area contributed by atoms with Gasteiger partial charge in [-0.15, -0.1) is 0 Å². The van der Waals surface area contributed by atoms with Crippen LogP contribution in [0.2, 0.25) is 0 Å². The van der Waals surface area contributed by atoms with E-state index in [-0.39, 0.29) is 6.29 Å². The number of ether oxygens (including phenoxy) is 2. The molecule has 1 atom stereocenters. The standard InChI is InChI=1S/C12H15FO3/c1-8-5-10(15-3)11(16-4)6-9(8)12(2,13)7-14/h5-7H,1-4H3. The summed E-state index contributed by atoms with van der Waals surface area (Å²) in [6, 6.07) is 3.14. The van der Waals surface area contributed by atoms with Gasteiger partial charge < -0.3 is 9.47 Å². The molecular formula is C12H15FO3. The predicted octanol–water partition coefficient (Wildman–Crippen LogP) is 2.40. The van der Waals surface area contributed by atoms with Gasteiger partial charge in [-0.1, -0.05) is 0 Å². The van der Waals surface area contributed by atoms with Gasteiger partial charge in [-0.2, -0.15) is 0 Å². The minimum atomic E-state index is -2.01. The molecule has 0 saturated carbocycles. The first-order valence-electron chi connectivity index (χ1n) is 4.84. The predicted molar refractivity (Wildman–Crippen MR) is 58.8 cm³/mol. The second-order valence-electron chi connectivity index (χ2n) is 3.72. The average Bonchev–Trinajstić information content (AvgIpc) is 2.28. The van der Waals surface area contributed by atoms with Crippen molar-refractivity contribution in [2.45, 2.75) is 19.5 Å². The second-order valence-corrected chi connectivity index (χ2v) is 3.72. The van der Waals surface area contributed by atoms with Crippen LogP contribution in [-0.4, -0.2) is 20.5 Å². The molecule has 0 aliphatic carbocycles. The summed E-state index contributed by atoms with van der Waals surface area (Å²) in [5.41, 5.74) is -1.07. The lowest BCUT2D eigenvalue weighted by molar-refractivity contribution is -0.117. The number of hydrogen-bond donors (Lipinski definition) is 0. The maximum Gasteiger partial charge on any atom is 0.188 e. The van der Waals surface area contributed by atoms with Gasteiger partial charge in [0.05, 0.1) is 14.2 Å². The van der Waals surface area contributed by atoms with Crippen molar-refractivity contribution in [3.05, 3.63) is 23.3 Å². The Kier molecular flexibility index (Phi) is 3.52. The van der Waals surface area contributed by atoms with Gasteiger partial charge >= 0.3 is 0 Å². The van der Waals surface area contributed by atoms with Gasteiger partial charge in [-0.25, -0.2) is 4.39 Å². The molecule has 0 fully saturated rings. The average molecular weight is 226 g/mol. The molecule has 0 heterocycles. The third kappa shape index (κ3) is 2.15. The first kappa shape index (κ1) is 12.5. The third-order valence-electron chi connectivity index (χ3n) is 2.48. The van der Waals surface area contributed by atoms with Gasteiger partial charge in [-0.05, 0) is 31.5 Å². The van der Waals surface area contributed by atoms with Gasteiger partial charge in [0.1, 0.15) is 0 Å². The van der Waals surface area contributed by atoms with Crippen LogP contribution in [0.25, 0.3) is 0 Å². The lowest BCUT2D eigenvalue weighted by Crippen LogP contribution is -2.18. The molecule has 1 rings (SSSR count). The lowest BCUT2D eigenvalue weighted by Gasteiger charge is -2.18. The Balaban J connectivity index is 3.37. The van der Waals surface area contributed by atoms with Crippen molar-refractivity contribution in [2.24, 2.45) is 0 Å². The van der Waals surface area contributed by atoms with E-state index in [1.807, 2.05) is 0 Å². The topological polar surface area (TPSA) is 35.5 Å². The van der Waals surface area contributed by atoms with Crippen LogP contribution in [-0.2, 0) is 10.5 Å². The van der Waals surface area contributed by atoms with Gasteiger partial charge in [0, 0.05) is 5.56 Å². The van der Waals surface area contributed by atoms with E-state index in [1.54, 1.807) is 13.0 Å². The SMILES string of the molecule is COc1cc(C)c(C(C)(F)C=O)cc1OC. The Labute approximate surface area is 94.2 Å². The number of benzene rings is 1. The molecule has 0 aliphatic rings. The van der Waals surface area contributed by atoms with Crippen LogP contribution in [0.3, 0.4) is 0 Å². The summed E-state index contributed by atoms with van der Waals surface area (Å²) in [6.45, 7) is 2.94. The maximum atomic E-state index is 13.9. The Morgan fingerprint density at radius 3 is 2.19 bits per heavy atom. The zero-order valence-electron chi connectivity index (χ0n) is 9.83. The van der Waals surface area contributed by atoms with Crippen LogP contribution in [0, 0.1) is 6.92 Å². The van der Waals surface area contributed by atoms with Crippen molar-refractivity contribution >= 4 is 6.29 Å².